The zero-order chi connectivity index (χ0) is 13.3. The Balaban J connectivity index is 2.01. The second-order valence-corrected chi connectivity index (χ2v) is 5.92. The van der Waals surface area contributed by atoms with E-state index >= 15 is 0 Å². The molecule has 2 rings (SSSR count). The van der Waals surface area contributed by atoms with Gasteiger partial charge in [0.25, 0.3) is 0 Å². The van der Waals surface area contributed by atoms with Crippen molar-refractivity contribution in [2.24, 2.45) is 0 Å². The maximum Gasteiger partial charge on any atom is 0.320 e. The predicted molar refractivity (Wildman–Crippen MR) is 67.4 cm³/mol. The first kappa shape index (κ1) is 13.2. The van der Waals surface area contributed by atoms with Gasteiger partial charge in [0.1, 0.15) is 0 Å². The first-order chi connectivity index (χ1) is 8.42. The summed E-state index contributed by atoms with van der Waals surface area (Å²) in [5.41, 5.74) is -0.0898. The van der Waals surface area contributed by atoms with Gasteiger partial charge in [0.2, 0.25) is 0 Å². The van der Waals surface area contributed by atoms with E-state index in [0.29, 0.717) is 6.54 Å². The quantitative estimate of drug-likeness (QED) is 0.833. The fourth-order valence-corrected chi connectivity index (χ4v) is 2.65. The summed E-state index contributed by atoms with van der Waals surface area (Å²) in [5.74, 6) is -0.839. The number of carboxylic acid groups (broad SMARTS) is 1. The second kappa shape index (κ2) is 4.78. The minimum atomic E-state index is -0.839. The molecule has 5 heteroatoms. The third-order valence-electron chi connectivity index (χ3n) is 3.93. The third-order valence-corrected chi connectivity index (χ3v) is 3.93. The van der Waals surface area contributed by atoms with Crippen LogP contribution in [0.3, 0.4) is 0 Å². The van der Waals surface area contributed by atoms with Gasteiger partial charge in [0.15, 0.2) is 0 Å². The molecule has 0 spiro atoms. The number of hydrogen-bond donors (Lipinski definition) is 1. The molecule has 1 aliphatic heterocycles. The van der Waals surface area contributed by atoms with E-state index in [-0.39, 0.29) is 24.0 Å². The van der Waals surface area contributed by atoms with Crippen molar-refractivity contribution in [3.8, 4) is 0 Å². The summed E-state index contributed by atoms with van der Waals surface area (Å²) in [4.78, 5) is 26.9. The molecule has 0 aromatic carbocycles. The summed E-state index contributed by atoms with van der Waals surface area (Å²) in [5, 5.41) is 8.76. The number of aliphatic carboxylic acids is 1. The van der Waals surface area contributed by atoms with Gasteiger partial charge in [-0.2, -0.15) is 0 Å². The van der Waals surface area contributed by atoms with E-state index in [9.17, 15) is 9.59 Å². The Hall–Kier alpha value is -1.26. The molecule has 18 heavy (non-hydrogen) atoms. The number of amides is 2. The molecule has 1 N–H and O–H groups in total. The molecule has 0 aromatic heterocycles. The minimum absolute atomic E-state index is 0.0289. The van der Waals surface area contributed by atoms with E-state index in [1.54, 1.807) is 4.90 Å². The molecule has 5 nitrogen and oxygen atoms in total. The van der Waals surface area contributed by atoms with Crippen molar-refractivity contribution in [3.05, 3.63) is 0 Å². The summed E-state index contributed by atoms with van der Waals surface area (Å²) in [6.45, 7) is 5.30. The van der Waals surface area contributed by atoms with Gasteiger partial charge in [0.05, 0.1) is 6.42 Å². The average molecular weight is 254 g/mol. The van der Waals surface area contributed by atoms with E-state index in [1.165, 1.54) is 0 Å². The van der Waals surface area contributed by atoms with Gasteiger partial charge in [-0.25, -0.2) is 4.79 Å². The Bertz CT molecular complexity index is 350. The van der Waals surface area contributed by atoms with E-state index < -0.39 is 5.97 Å². The number of carboxylic acids is 1. The van der Waals surface area contributed by atoms with Gasteiger partial charge in [-0.1, -0.05) is 0 Å². The molecule has 102 valence electrons. The van der Waals surface area contributed by atoms with Crippen molar-refractivity contribution in [2.45, 2.75) is 57.5 Å². The van der Waals surface area contributed by atoms with Crippen LogP contribution < -0.4 is 0 Å². The fourth-order valence-electron chi connectivity index (χ4n) is 2.65. The zero-order valence-electron chi connectivity index (χ0n) is 11.2. The fraction of sp³-hybridized carbons (Fsp3) is 0.846. The molecule has 1 saturated carbocycles. The third kappa shape index (κ3) is 2.76. The molecule has 0 radical (unpaired) electrons. The molecule has 2 amide bonds. The zero-order valence-corrected chi connectivity index (χ0v) is 11.2. The number of hydrogen-bond acceptors (Lipinski definition) is 2. The van der Waals surface area contributed by atoms with Crippen molar-refractivity contribution in [1.82, 2.24) is 9.80 Å². The molecular formula is C13H22N2O3. The van der Waals surface area contributed by atoms with E-state index in [0.717, 1.165) is 32.2 Å². The molecule has 2 aliphatic rings. The number of carbonyl (C=O) groups is 2. The summed E-state index contributed by atoms with van der Waals surface area (Å²) in [7, 11) is 0. The highest BCUT2D eigenvalue weighted by Gasteiger charge is 2.41. The SMILES string of the molecule is CC1(C)CCCN1C(=O)N(CCC(=O)O)C1CC1. The van der Waals surface area contributed by atoms with Crippen molar-refractivity contribution in [3.63, 3.8) is 0 Å². The standard InChI is InChI=1S/C13H22N2O3/c1-13(2)7-3-8-15(13)12(18)14(10-4-5-10)9-6-11(16)17/h10H,3-9H2,1-2H3,(H,16,17). The molecule has 2 fully saturated rings. The number of rotatable bonds is 4. The van der Waals surface area contributed by atoms with Gasteiger partial charge >= 0.3 is 12.0 Å². The van der Waals surface area contributed by atoms with Crippen LogP contribution in [0.2, 0.25) is 0 Å². The van der Waals surface area contributed by atoms with Gasteiger partial charge in [0, 0.05) is 24.7 Å². The highest BCUT2D eigenvalue weighted by Crippen LogP contribution is 2.33. The Labute approximate surface area is 108 Å². The Morgan fingerprint density at radius 2 is 2.06 bits per heavy atom. The lowest BCUT2D eigenvalue weighted by Gasteiger charge is -2.36. The van der Waals surface area contributed by atoms with Crippen LogP contribution in [0.15, 0.2) is 0 Å². The van der Waals surface area contributed by atoms with Crippen LogP contribution in [0.1, 0.15) is 46.0 Å². The molecule has 1 aliphatic carbocycles. The van der Waals surface area contributed by atoms with Crippen molar-refractivity contribution < 1.29 is 14.7 Å². The second-order valence-electron chi connectivity index (χ2n) is 5.92. The summed E-state index contributed by atoms with van der Waals surface area (Å²) < 4.78 is 0. The number of carbonyl (C=O) groups excluding carboxylic acids is 1. The van der Waals surface area contributed by atoms with Crippen LogP contribution in [0.5, 0.6) is 0 Å². The molecule has 1 heterocycles. The number of likely N-dealkylation sites (tertiary alicyclic amines) is 1. The van der Waals surface area contributed by atoms with Crippen LogP contribution in [0, 0.1) is 0 Å². The van der Waals surface area contributed by atoms with Crippen LogP contribution >= 0.6 is 0 Å². The lowest BCUT2D eigenvalue weighted by molar-refractivity contribution is -0.137. The smallest absolute Gasteiger partial charge is 0.320 e. The molecular weight excluding hydrogens is 232 g/mol. The van der Waals surface area contributed by atoms with Crippen molar-refractivity contribution in [1.29, 1.82) is 0 Å². The Kier molecular flexibility index (Phi) is 3.50. The molecule has 1 saturated heterocycles. The van der Waals surface area contributed by atoms with Crippen LogP contribution in [0.25, 0.3) is 0 Å². The van der Waals surface area contributed by atoms with Gasteiger partial charge < -0.3 is 14.9 Å². The lowest BCUT2D eigenvalue weighted by atomic mass is 10.0. The van der Waals surface area contributed by atoms with Crippen LogP contribution in [0.4, 0.5) is 4.79 Å². The summed E-state index contributed by atoms with van der Waals surface area (Å²) in [6, 6.07) is 0.300. The normalized spacial score (nSPS) is 22.0. The predicted octanol–water partition coefficient (Wildman–Crippen LogP) is 1.92. The summed E-state index contributed by atoms with van der Waals surface area (Å²) in [6.07, 6.45) is 4.13. The van der Waals surface area contributed by atoms with E-state index in [2.05, 4.69) is 13.8 Å². The van der Waals surface area contributed by atoms with Crippen molar-refractivity contribution in [2.75, 3.05) is 13.1 Å². The van der Waals surface area contributed by atoms with E-state index in [4.69, 9.17) is 5.11 Å². The highest BCUT2D eigenvalue weighted by atomic mass is 16.4. The maximum atomic E-state index is 12.5. The topological polar surface area (TPSA) is 60.9 Å². The first-order valence-electron chi connectivity index (χ1n) is 6.72. The molecule has 0 atom stereocenters. The van der Waals surface area contributed by atoms with Gasteiger partial charge in [-0.3, -0.25) is 4.79 Å². The monoisotopic (exact) mass is 254 g/mol. The van der Waals surface area contributed by atoms with Gasteiger partial charge in [-0.05, 0) is 39.5 Å². The molecule has 0 bridgehead atoms. The number of nitrogens with zero attached hydrogens (tertiary/aromatic N) is 2. The van der Waals surface area contributed by atoms with Crippen molar-refractivity contribution >= 4 is 12.0 Å². The number of urea groups is 1. The van der Waals surface area contributed by atoms with E-state index in [1.807, 2.05) is 4.90 Å². The molecule has 0 aromatic rings. The van der Waals surface area contributed by atoms with Gasteiger partial charge in [-0.15, -0.1) is 0 Å². The average Bonchev–Trinajstić information content (AvgIpc) is 3.02. The first-order valence-corrected chi connectivity index (χ1v) is 6.72. The minimum Gasteiger partial charge on any atom is -0.481 e. The van der Waals surface area contributed by atoms with Crippen LogP contribution in [-0.2, 0) is 4.79 Å². The van der Waals surface area contributed by atoms with Crippen LogP contribution in [-0.4, -0.2) is 51.6 Å². The Morgan fingerprint density at radius 1 is 1.39 bits per heavy atom. The Morgan fingerprint density at radius 3 is 2.50 bits per heavy atom. The lowest BCUT2D eigenvalue weighted by Crippen LogP contribution is -2.51. The molecule has 0 unspecified atom stereocenters. The highest BCUT2D eigenvalue weighted by molar-refractivity contribution is 5.77. The maximum absolute atomic E-state index is 12.5. The largest absolute Gasteiger partial charge is 0.481 e. The summed E-state index contributed by atoms with van der Waals surface area (Å²) >= 11 is 0.